The van der Waals surface area contributed by atoms with Crippen LogP contribution in [0.5, 0.6) is 0 Å². The molecule has 200 valence electrons. The lowest BCUT2D eigenvalue weighted by molar-refractivity contribution is 0.0697. The van der Waals surface area contributed by atoms with E-state index in [1.165, 1.54) is 27.9 Å². The number of carboxylic acid groups (broad SMARTS) is 1. The van der Waals surface area contributed by atoms with Gasteiger partial charge in [0.1, 0.15) is 0 Å². The van der Waals surface area contributed by atoms with Crippen molar-refractivity contribution in [1.29, 1.82) is 0 Å². The molecule has 0 fully saturated rings. The fourth-order valence-electron chi connectivity index (χ4n) is 5.70. The maximum Gasteiger partial charge on any atom is 0.335 e. The first kappa shape index (κ1) is 27.7. The minimum atomic E-state index is -0.946. The van der Waals surface area contributed by atoms with Crippen LogP contribution in [0.4, 0.5) is 5.69 Å². The smallest absolute Gasteiger partial charge is 0.335 e. The van der Waals surface area contributed by atoms with E-state index in [9.17, 15) is 9.90 Å². The molecular weight excluding hydrogens is 470 g/mol. The largest absolute Gasteiger partial charge is 0.478 e. The van der Waals surface area contributed by atoms with Gasteiger partial charge in [0.2, 0.25) is 0 Å². The molecule has 0 saturated carbocycles. The van der Waals surface area contributed by atoms with Crippen molar-refractivity contribution in [3.8, 4) is 11.1 Å². The molecule has 1 aliphatic rings. The molecule has 0 spiro atoms. The second-order valence-electron chi connectivity index (χ2n) is 11.7. The van der Waals surface area contributed by atoms with E-state index in [0.717, 1.165) is 37.1 Å². The first-order chi connectivity index (χ1) is 18.0. The zero-order valence-corrected chi connectivity index (χ0v) is 23.6. The van der Waals surface area contributed by atoms with Crippen molar-refractivity contribution in [2.75, 3.05) is 18.0 Å². The van der Waals surface area contributed by atoms with Crippen LogP contribution in [-0.2, 0) is 10.8 Å². The Morgan fingerprint density at radius 2 is 1.53 bits per heavy atom. The van der Waals surface area contributed by atoms with E-state index in [1.807, 2.05) is 6.08 Å². The maximum atomic E-state index is 11.3. The van der Waals surface area contributed by atoms with Crippen LogP contribution in [0.15, 0.2) is 66.7 Å². The van der Waals surface area contributed by atoms with Crippen molar-refractivity contribution < 1.29 is 15.0 Å². The van der Waals surface area contributed by atoms with Crippen LogP contribution < -0.4 is 4.90 Å². The molecule has 4 rings (SSSR count). The second-order valence-corrected chi connectivity index (χ2v) is 11.7. The summed E-state index contributed by atoms with van der Waals surface area (Å²) in [5, 5.41) is 20.4. The van der Waals surface area contributed by atoms with E-state index in [2.05, 4.69) is 82.8 Å². The standard InChI is InChI=1S/C34H41NO3/c1-7-35(8-2)27-16-14-24(15-17-27)28-21-26(22-29-31(28)34(5,6)20-19-33(29,3)4)30(36)18-11-23-9-12-25(13-10-23)32(37)38/h9-18,21-22,30,36H,7-8,19-20H2,1-6H3,(H,37,38)/b18-11+. The van der Waals surface area contributed by atoms with Crippen molar-refractivity contribution in [3.63, 3.8) is 0 Å². The summed E-state index contributed by atoms with van der Waals surface area (Å²) in [6.45, 7) is 15.6. The van der Waals surface area contributed by atoms with E-state index in [-0.39, 0.29) is 16.4 Å². The number of fused-ring (bicyclic) bond motifs is 1. The maximum absolute atomic E-state index is 11.3. The normalized spacial score (nSPS) is 16.7. The molecule has 0 radical (unpaired) electrons. The molecule has 3 aromatic rings. The highest BCUT2D eigenvalue weighted by Gasteiger charge is 2.39. The predicted molar refractivity (Wildman–Crippen MR) is 158 cm³/mol. The van der Waals surface area contributed by atoms with Crippen LogP contribution in [0.2, 0.25) is 0 Å². The van der Waals surface area contributed by atoms with Crippen molar-refractivity contribution >= 4 is 17.7 Å². The molecule has 0 heterocycles. The molecule has 38 heavy (non-hydrogen) atoms. The number of aliphatic hydroxyl groups excluding tert-OH is 1. The van der Waals surface area contributed by atoms with Crippen LogP contribution in [0.25, 0.3) is 17.2 Å². The van der Waals surface area contributed by atoms with Crippen molar-refractivity contribution in [2.24, 2.45) is 0 Å². The Bertz CT molecular complexity index is 1310. The van der Waals surface area contributed by atoms with E-state index < -0.39 is 12.1 Å². The van der Waals surface area contributed by atoms with Crippen LogP contribution in [0.1, 0.15) is 93.1 Å². The molecule has 3 aromatic carbocycles. The summed E-state index contributed by atoms with van der Waals surface area (Å²) < 4.78 is 0. The van der Waals surface area contributed by atoms with Crippen LogP contribution in [0, 0.1) is 0 Å². The predicted octanol–water partition coefficient (Wildman–Crippen LogP) is 7.99. The van der Waals surface area contributed by atoms with Gasteiger partial charge < -0.3 is 15.1 Å². The van der Waals surface area contributed by atoms with Gasteiger partial charge in [0.05, 0.1) is 11.7 Å². The SMILES string of the molecule is CCN(CC)c1ccc(-c2cc(C(O)/C=C/c3ccc(C(=O)O)cc3)cc3c2C(C)(C)CCC3(C)C)cc1. The Morgan fingerprint density at radius 1 is 0.921 bits per heavy atom. The molecule has 1 unspecified atom stereocenters. The van der Waals surface area contributed by atoms with Crippen LogP contribution in [0.3, 0.4) is 0 Å². The topological polar surface area (TPSA) is 60.8 Å². The zero-order chi connectivity index (χ0) is 27.7. The number of hydrogen-bond donors (Lipinski definition) is 2. The minimum Gasteiger partial charge on any atom is -0.478 e. The van der Waals surface area contributed by atoms with Crippen molar-refractivity contribution in [3.05, 3.63) is 94.6 Å². The van der Waals surface area contributed by atoms with Crippen LogP contribution >= 0.6 is 0 Å². The number of anilines is 1. The number of rotatable bonds is 8. The average Bonchev–Trinajstić information content (AvgIpc) is 2.90. The molecule has 0 amide bonds. The molecular formula is C34H41NO3. The fraction of sp³-hybridized carbons (Fsp3) is 0.382. The van der Waals surface area contributed by atoms with Gasteiger partial charge in [0, 0.05) is 18.8 Å². The lowest BCUT2D eigenvalue weighted by Gasteiger charge is -2.43. The average molecular weight is 512 g/mol. The Morgan fingerprint density at radius 3 is 2.11 bits per heavy atom. The highest BCUT2D eigenvalue weighted by atomic mass is 16.4. The highest BCUT2D eigenvalue weighted by Crippen LogP contribution is 2.50. The molecule has 0 saturated heterocycles. The Balaban J connectivity index is 1.79. The summed E-state index contributed by atoms with van der Waals surface area (Å²) in [4.78, 5) is 13.5. The monoisotopic (exact) mass is 511 g/mol. The number of carbonyl (C=O) groups is 1. The molecule has 0 aromatic heterocycles. The number of aromatic carboxylic acids is 1. The van der Waals surface area contributed by atoms with E-state index >= 15 is 0 Å². The Kier molecular flexibility index (Phi) is 7.85. The zero-order valence-electron chi connectivity index (χ0n) is 23.6. The van der Waals surface area contributed by atoms with Crippen LogP contribution in [-0.4, -0.2) is 29.3 Å². The quantitative estimate of drug-likeness (QED) is 0.322. The number of hydrogen-bond acceptors (Lipinski definition) is 3. The molecule has 1 atom stereocenters. The summed E-state index contributed by atoms with van der Waals surface area (Å²) in [7, 11) is 0. The van der Waals surface area contributed by atoms with Gasteiger partial charge in [0.15, 0.2) is 0 Å². The third-order valence-corrected chi connectivity index (χ3v) is 8.22. The van der Waals surface area contributed by atoms with Gasteiger partial charge in [-0.1, -0.05) is 70.2 Å². The molecule has 4 heteroatoms. The van der Waals surface area contributed by atoms with Gasteiger partial charge in [-0.25, -0.2) is 4.79 Å². The van der Waals surface area contributed by atoms with Gasteiger partial charge in [-0.15, -0.1) is 0 Å². The number of benzene rings is 3. The van der Waals surface area contributed by atoms with Gasteiger partial charge in [-0.05, 0) is 101 Å². The van der Waals surface area contributed by atoms with E-state index in [4.69, 9.17) is 5.11 Å². The molecule has 0 aliphatic heterocycles. The molecule has 2 N–H and O–H groups in total. The van der Waals surface area contributed by atoms with Crippen molar-refractivity contribution in [1.82, 2.24) is 0 Å². The van der Waals surface area contributed by atoms with Gasteiger partial charge in [-0.3, -0.25) is 0 Å². The molecule has 0 bridgehead atoms. The molecule has 4 nitrogen and oxygen atoms in total. The summed E-state index contributed by atoms with van der Waals surface area (Å²) in [6, 6.07) is 19.9. The summed E-state index contributed by atoms with van der Waals surface area (Å²) in [5.74, 6) is -0.946. The number of carboxylic acids is 1. The summed E-state index contributed by atoms with van der Waals surface area (Å²) in [6.07, 6.45) is 5.06. The molecule has 1 aliphatic carbocycles. The number of nitrogens with zero attached hydrogens (tertiary/aromatic N) is 1. The minimum absolute atomic E-state index is 0.00682. The fourth-order valence-corrected chi connectivity index (χ4v) is 5.70. The second kappa shape index (κ2) is 10.8. The lowest BCUT2D eigenvalue weighted by Crippen LogP contribution is -2.34. The third kappa shape index (κ3) is 5.56. The number of aliphatic hydroxyl groups is 1. The third-order valence-electron chi connectivity index (χ3n) is 8.22. The van der Waals surface area contributed by atoms with Gasteiger partial charge in [-0.2, -0.15) is 0 Å². The summed E-state index contributed by atoms with van der Waals surface area (Å²) >= 11 is 0. The first-order valence-electron chi connectivity index (χ1n) is 13.7. The Labute approximate surface area is 227 Å². The van der Waals surface area contributed by atoms with Gasteiger partial charge >= 0.3 is 5.97 Å². The van der Waals surface area contributed by atoms with Gasteiger partial charge in [0.25, 0.3) is 0 Å². The van der Waals surface area contributed by atoms with Crippen molar-refractivity contribution in [2.45, 2.75) is 71.3 Å². The summed E-state index contributed by atoms with van der Waals surface area (Å²) in [5.41, 5.74) is 8.29. The first-order valence-corrected chi connectivity index (χ1v) is 13.7. The van der Waals surface area contributed by atoms with E-state index in [1.54, 1.807) is 30.3 Å². The Hall–Kier alpha value is -3.37. The van der Waals surface area contributed by atoms with E-state index in [0.29, 0.717) is 0 Å². The lowest BCUT2D eigenvalue weighted by atomic mass is 9.61. The highest BCUT2D eigenvalue weighted by molar-refractivity contribution is 5.87.